The molecule has 2 N–H and O–H groups in total. The third-order valence-corrected chi connectivity index (χ3v) is 3.30. The maximum absolute atomic E-state index is 11.8. The fourth-order valence-corrected chi connectivity index (χ4v) is 1.90. The number of carbonyl (C=O) groups is 1. The van der Waals surface area contributed by atoms with Gasteiger partial charge in [-0.1, -0.05) is 18.2 Å². The van der Waals surface area contributed by atoms with Crippen molar-refractivity contribution in [3.63, 3.8) is 0 Å². The van der Waals surface area contributed by atoms with Crippen molar-refractivity contribution in [3.05, 3.63) is 34.9 Å². The van der Waals surface area contributed by atoms with Gasteiger partial charge in [-0.15, -0.1) is 0 Å². The lowest BCUT2D eigenvalue weighted by Crippen LogP contribution is -2.37. The average molecular weight is 264 g/mol. The van der Waals surface area contributed by atoms with Gasteiger partial charge in [0.2, 0.25) is 5.91 Å². The van der Waals surface area contributed by atoms with E-state index in [2.05, 4.69) is 31.3 Å². The quantitative estimate of drug-likeness (QED) is 0.816. The number of aryl methyl sites for hydroxylation is 2. The van der Waals surface area contributed by atoms with E-state index in [1.165, 1.54) is 11.1 Å². The highest BCUT2D eigenvalue weighted by molar-refractivity contribution is 5.78. The Hall–Kier alpha value is -1.39. The number of carbonyl (C=O) groups excluding carboxylic acids is 1. The summed E-state index contributed by atoms with van der Waals surface area (Å²) in [6.45, 7) is 7.00. The summed E-state index contributed by atoms with van der Waals surface area (Å²) < 4.78 is 0. The van der Waals surface area contributed by atoms with Crippen molar-refractivity contribution in [2.75, 3.05) is 26.7 Å². The lowest BCUT2D eigenvalue weighted by atomic mass is 10.0. The molecule has 0 aromatic heterocycles. The second kappa shape index (κ2) is 7.26. The summed E-state index contributed by atoms with van der Waals surface area (Å²) in [5, 5.41) is 11.8. The largest absolute Gasteiger partial charge is 0.395 e. The van der Waals surface area contributed by atoms with E-state index in [4.69, 9.17) is 5.11 Å². The molecule has 0 radical (unpaired) electrons. The monoisotopic (exact) mass is 264 g/mol. The van der Waals surface area contributed by atoms with Crippen molar-refractivity contribution in [2.24, 2.45) is 0 Å². The van der Waals surface area contributed by atoms with E-state index in [0.29, 0.717) is 13.1 Å². The van der Waals surface area contributed by atoms with Crippen molar-refractivity contribution < 1.29 is 9.90 Å². The number of rotatable bonds is 6. The van der Waals surface area contributed by atoms with Crippen LogP contribution in [0.25, 0.3) is 0 Å². The van der Waals surface area contributed by atoms with Gasteiger partial charge in [-0.3, -0.25) is 9.69 Å². The number of nitrogens with one attached hydrogen (secondary N) is 1. The van der Waals surface area contributed by atoms with Crippen LogP contribution in [0, 0.1) is 13.8 Å². The first-order valence-corrected chi connectivity index (χ1v) is 6.60. The predicted molar refractivity (Wildman–Crippen MR) is 77.1 cm³/mol. The Morgan fingerprint density at radius 3 is 2.63 bits per heavy atom. The van der Waals surface area contributed by atoms with E-state index in [1.807, 2.05) is 20.0 Å². The van der Waals surface area contributed by atoms with Crippen LogP contribution in [0.3, 0.4) is 0 Å². The van der Waals surface area contributed by atoms with Crippen molar-refractivity contribution in [2.45, 2.75) is 26.8 Å². The standard InChI is InChI=1S/C15H24N2O2/c1-11-5-6-14(9-12(11)2)13(3)16-15(19)10-17(4)7-8-18/h5-6,9,13,18H,7-8,10H2,1-4H3,(H,16,19). The first-order chi connectivity index (χ1) is 8.93. The Bertz CT molecular complexity index is 432. The normalized spacial score (nSPS) is 12.5. The third kappa shape index (κ3) is 5.01. The van der Waals surface area contributed by atoms with Crippen molar-refractivity contribution in [1.82, 2.24) is 10.2 Å². The molecule has 0 aliphatic heterocycles. The number of aliphatic hydroxyl groups is 1. The summed E-state index contributed by atoms with van der Waals surface area (Å²) in [6.07, 6.45) is 0. The molecule has 106 valence electrons. The van der Waals surface area contributed by atoms with Crippen LogP contribution >= 0.6 is 0 Å². The highest BCUT2D eigenvalue weighted by Crippen LogP contribution is 2.16. The first kappa shape index (κ1) is 15.7. The minimum Gasteiger partial charge on any atom is -0.395 e. The fourth-order valence-electron chi connectivity index (χ4n) is 1.90. The maximum Gasteiger partial charge on any atom is 0.234 e. The van der Waals surface area contributed by atoms with Gasteiger partial charge in [0.1, 0.15) is 0 Å². The SMILES string of the molecule is Cc1ccc(C(C)NC(=O)CN(C)CCO)cc1C. The number of aliphatic hydroxyl groups excluding tert-OH is 1. The number of benzene rings is 1. The van der Waals surface area contributed by atoms with Crippen LogP contribution < -0.4 is 5.32 Å². The molecule has 0 saturated heterocycles. The molecular weight excluding hydrogens is 240 g/mol. The Balaban J connectivity index is 2.56. The fraction of sp³-hybridized carbons (Fsp3) is 0.533. The van der Waals surface area contributed by atoms with Gasteiger partial charge in [0.05, 0.1) is 19.2 Å². The minimum absolute atomic E-state index is 0.00525. The van der Waals surface area contributed by atoms with Gasteiger partial charge < -0.3 is 10.4 Å². The summed E-state index contributed by atoms with van der Waals surface area (Å²) in [5.74, 6) is -0.0262. The molecular formula is C15H24N2O2. The molecule has 0 fully saturated rings. The Labute approximate surface area is 115 Å². The molecule has 19 heavy (non-hydrogen) atoms. The molecule has 0 bridgehead atoms. The number of hydrogen-bond acceptors (Lipinski definition) is 3. The van der Waals surface area contributed by atoms with E-state index in [9.17, 15) is 4.79 Å². The van der Waals surface area contributed by atoms with Crippen LogP contribution in [0.15, 0.2) is 18.2 Å². The molecule has 1 unspecified atom stereocenters. The van der Waals surface area contributed by atoms with E-state index >= 15 is 0 Å². The van der Waals surface area contributed by atoms with Gasteiger partial charge in [-0.25, -0.2) is 0 Å². The van der Waals surface area contributed by atoms with Gasteiger partial charge >= 0.3 is 0 Å². The van der Waals surface area contributed by atoms with Crippen LogP contribution in [0.4, 0.5) is 0 Å². The second-order valence-corrected chi connectivity index (χ2v) is 5.09. The van der Waals surface area contributed by atoms with Crippen molar-refractivity contribution in [3.8, 4) is 0 Å². The average Bonchev–Trinajstić information content (AvgIpc) is 2.32. The molecule has 1 aromatic rings. The smallest absolute Gasteiger partial charge is 0.234 e. The Morgan fingerprint density at radius 1 is 1.37 bits per heavy atom. The minimum atomic E-state index is -0.0262. The van der Waals surface area contributed by atoms with E-state index < -0.39 is 0 Å². The molecule has 0 aliphatic carbocycles. The predicted octanol–water partition coefficient (Wildman–Crippen LogP) is 1.40. The molecule has 1 atom stereocenters. The molecule has 4 heteroatoms. The van der Waals surface area contributed by atoms with E-state index in [-0.39, 0.29) is 18.6 Å². The summed E-state index contributed by atoms with van der Waals surface area (Å²) in [5.41, 5.74) is 3.60. The van der Waals surface area contributed by atoms with Gasteiger partial charge in [-0.05, 0) is 44.5 Å². The number of hydrogen-bond donors (Lipinski definition) is 2. The van der Waals surface area contributed by atoms with Gasteiger partial charge in [0, 0.05) is 6.54 Å². The molecule has 0 spiro atoms. The van der Waals surface area contributed by atoms with Gasteiger partial charge in [0.15, 0.2) is 0 Å². The zero-order chi connectivity index (χ0) is 14.4. The van der Waals surface area contributed by atoms with Gasteiger partial charge in [0.25, 0.3) is 0 Å². The molecule has 0 aliphatic rings. The first-order valence-electron chi connectivity index (χ1n) is 6.60. The van der Waals surface area contributed by atoms with Crippen molar-refractivity contribution >= 4 is 5.91 Å². The van der Waals surface area contributed by atoms with Crippen LogP contribution in [-0.2, 0) is 4.79 Å². The lowest BCUT2D eigenvalue weighted by molar-refractivity contribution is -0.122. The number of nitrogens with zero attached hydrogens (tertiary/aromatic N) is 1. The van der Waals surface area contributed by atoms with Crippen LogP contribution in [0.1, 0.15) is 29.7 Å². The molecule has 1 rings (SSSR count). The summed E-state index contributed by atoms with van der Waals surface area (Å²) >= 11 is 0. The molecule has 0 saturated carbocycles. The van der Waals surface area contributed by atoms with Crippen LogP contribution in [-0.4, -0.2) is 42.7 Å². The van der Waals surface area contributed by atoms with Gasteiger partial charge in [-0.2, -0.15) is 0 Å². The highest BCUT2D eigenvalue weighted by Gasteiger charge is 2.11. The maximum atomic E-state index is 11.8. The van der Waals surface area contributed by atoms with Crippen LogP contribution in [0.5, 0.6) is 0 Å². The van der Waals surface area contributed by atoms with Crippen molar-refractivity contribution in [1.29, 1.82) is 0 Å². The summed E-state index contributed by atoms with van der Waals surface area (Å²) in [6, 6.07) is 6.22. The molecule has 4 nitrogen and oxygen atoms in total. The molecule has 1 amide bonds. The molecule has 1 aromatic carbocycles. The lowest BCUT2D eigenvalue weighted by Gasteiger charge is -2.19. The topological polar surface area (TPSA) is 52.6 Å². The third-order valence-electron chi connectivity index (χ3n) is 3.30. The van der Waals surface area contributed by atoms with E-state index in [0.717, 1.165) is 5.56 Å². The summed E-state index contributed by atoms with van der Waals surface area (Å²) in [7, 11) is 1.82. The Morgan fingerprint density at radius 2 is 2.05 bits per heavy atom. The molecule has 0 heterocycles. The zero-order valence-electron chi connectivity index (χ0n) is 12.2. The highest BCUT2D eigenvalue weighted by atomic mass is 16.3. The Kier molecular flexibility index (Phi) is 5.99. The van der Waals surface area contributed by atoms with Crippen LogP contribution in [0.2, 0.25) is 0 Å². The second-order valence-electron chi connectivity index (χ2n) is 5.09. The number of likely N-dealkylation sites (N-methyl/N-ethyl adjacent to an activating group) is 1. The zero-order valence-corrected chi connectivity index (χ0v) is 12.2. The summed E-state index contributed by atoms with van der Waals surface area (Å²) in [4.78, 5) is 13.6. The number of amides is 1. The van der Waals surface area contributed by atoms with E-state index in [1.54, 1.807) is 4.90 Å².